The summed E-state index contributed by atoms with van der Waals surface area (Å²) in [7, 11) is 5.55. The zero-order chi connectivity index (χ0) is 11.4. The van der Waals surface area contributed by atoms with E-state index in [1.807, 2.05) is 43.3 Å². The van der Waals surface area contributed by atoms with E-state index in [0.717, 1.165) is 16.1 Å². The third-order valence-corrected chi connectivity index (χ3v) is 2.23. The van der Waals surface area contributed by atoms with Gasteiger partial charge in [-0.15, -0.1) is 0 Å². The zero-order valence-corrected chi connectivity index (χ0v) is 9.58. The van der Waals surface area contributed by atoms with Crippen LogP contribution in [0.4, 0.5) is 0 Å². The van der Waals surface area contributed by atoms with Crippen LogP contribution in [-0.2, 0) is 4.74 Å². The van der Waals surface area contributed by atoms with E-state index in [1.54, 1.807) is 7.11 Å². The number of benzene rings is 1. The van der Waals surface area contributed by atoms with Crippen LogP contribution in [-0.4, -0.2) is 26.1 Å². The van der Waals surface area contributed by atoms with Crippen molar-refractivity contribution in [1.29, 1.82) is 0 Å². The molecule has 0 aromatic heterocycles. The van der Waals surface area contributed by atoms with E-state index in [1.165, 1.54) is 0 Å². The highest BCUT2D eigenvalue weighted by atomic mass is 16.5. The highest BCUT2D eigenvalue weighted by Crippen LogP contribution is 2.09. The molecule has 0 heterocycles. The SMILES string of the molecule is C=C(OC)/C(=c1/ccccc1=C)N(C)C. The van der Waals surface area contributed by atoms with Crippen molar-refractivity contribution in [3.63, 3.8) is 0 Å². The quantitative estimate of drug-likeness (QED) is 0.678. The topological polar surface area (TPSA) is 12.5 Å². The largest absolute Gasteiger partial charge is 0.495 e. The minimum atomic E-state index is 0.649. The van der Waals surface area contributed by atoms with Crippen LogP contribution in [0.15, 0.2) is 36.6 Å². The number of nitrogens with zero attached hydrogens (tertiary/aromatic N) is 1. The van der Waals surface area contributed by atoms with Crippen LogP contribution in [0.3, 0.4) is 0 Å². The lowest BCUT2D eigenvalue weighted by atomic mass is 10.2. The van der Waals surface area contributed by atoms with Gasteiger partial charge in [0, 0.05) is 19.3 Å². The molecule has 1 aromatic carbocycles. The first-order chi connectivity index (χ1) is 7.07. The van der Waals surface area contributed by atoms with E-state index in [0.29, 0.717) is 5.76 Å². The first-order valence-electron chi connectivity index (χ1n) is 4.76. The fourth-order valence-electron chi connectivity index (χ4n) is 1.49. The maximum absolute atomic E-state index is 5.18. The molecule has 1 rings (SSSR count). The maximum Gasteiger partial charge on any atom is 0.135 e. The molecule has 0 fully saturated rings. The van der Waals surface area contributed by atoms with Crippen molar-refractivity contribution in [2.75, 3.05) is 21.2 Å². The first kappa shape index (κ1) is 11.4. The predicted octanol–water partition coefficient (Wildman–Crippen LogP) is 0.927. The number of likely N-dealkylation sites (N-methyl/N-ethyl adjacent to an activating group) is 1. The summed E-state index contributed by atoms with van der Waals surface area (Å²) in [5.41, 5.74) is 0.961. The fraction of sp³-hybridized carbons (Fsp3) is 0.231. The molecule has 0 N–H and O–H groups in total. The van der Waals surface area contributed by atoms with E-state index in [4.69, 9.17) is 4.74 Å². The van der Waals surface area contributed by atoms with Gasteiger partial charge < -0.3 is 9.64 Å². The van der Waals surface area contributed by atoms with Gasteiger partial charge >= 0.3 is 0 Å². The van der Waals surface area contributed by atoms with Crippen LogP contribution >= 0.6 is 0 Å². The highest BCUT2D eigenvalue weighted by Gasteiger charge is 2.06. The summed E-state index contributed by atoms with van der Waals surface area (Å²) in [6, 6.07) is 7.94. The van der Waals surface area contributed by atoms with E-state index in [2.05, 4.69) is 13.2 Å². The molecule has 0 atom stereocenters. The summed E-state index contributed by atoms with van der Waals surface area (Å²) < 4.78 is 5.18. The van der Waals surface area contributed by atoms with E-state index in [-0.39, 0.29) is 0 Å². The molecule has 0 saturated heterocycles. The van der Waals surface area contributed by atoms with Gasteiger partial charge in [-0.25, -0.2) is 0 Å². The second-order valence-electron chi connectivity index (χ2n) is 3.53. The Balaban J connectivity index is 3.55. The van der Waals surface area contributed by atoms with E-state index < -0.39 is 0 Å². The molecule has 0 spiro atoms. The average molecular weight is 203 g/mol. The molecule has 1 aromatic rings. The van der Waals surface area contributed by atoms with Crippen molar-refractivity contribution >= 4 is 12.3 Å². The lowest BCUT2D eigenvalue weighted by molar-refractivity contribution is 0.300. The van der Waals surface area contributed by atoms with Crippen molar-refractivity contribution in [2.45, 2.75) is 0 Å². The van der Waals surface area contributed by atoms with Crippen LogP contribution < -0.4 is 10.4 Å². The minimum absolute atomic E-state index is 0.649. The van der Waals surface area contributed by atoms with Crippen LogP contribution in [0.2, 0.25) is 0 Å². The molecule has 0 amide bonds. The van der Waals surface area contributed by atoms with Gasteiger partial charge in [0.1, 0.15) is 5.76 Å². The molecular weight excluding hydrogens is 186 g/mol. The third kappa shape index (κ3) is 2.40. The van der Waals surface area contributed by atoms with Crippen molar-refractivity contribution in [2.24, 2.45) is 0 Å². The fourth-order valence-corrected chi connectivity index (χ4v) is 1.49. The average Bonchev–Trinajstić information content (AvgIpc) is 2.20. The minimum Gasteiger partial charge on any atom is -0.495 e. The standard InChI is InChI=1S/C13H17NO/c1-10-8-6-7-9-12(10)13(14(3)4)11(2)15-5/h6-9H,1-2H2,3-5H3/b13-12+. The molecule has 0 bridgehead atoms. The Morgan fingerprint density at radius 1 is 1.27 bits per heavy atom. The van der Waals surface area contributed by atoms with Crippen LogP contribution in [0.5, 0.6) is 0 Å². The third-order valence-electron chi connectivity index (χ3n) is 2.23. The smallest absolute Gasteiger partial charge is 0.135 e. The molecule has 2 heteroatoms. The molecular formula is C13H17NO. The Morgan fingerprint density at radius 2 is 1.87 bits per heavy atom. The molecule has 0 aliphatic carbocycles. The molecule has 0 unspecified atom stereocenters. The molecule has 0 radical (unpaired) electrons. The maximum atomic E-state index is 5.18. The second-order valence-corrected chi connectivity index (χ2v) is 3.53. The zero-order valence-electron chi connectivity index (χ0n) is 9.58. The lowest BCUT2D eigenvalue weighted by Crippen LogP contribution is -2.31. The molecule has 2 nitrogen and oxygen atoms in total. The highest BCUT2D eigenvalue weighted by molar-refractivity contribution is 5.58. The molecule has 0 saturated carbocycles. The van der Waals surface area contributed by atoms with Crippen molar-refractivity contribution in [3.05, 3.63) is 47.0 Å². The van der Waals surface area contributed by atoms with Crippen molar-refractivity contribution in [1.82, 2.24) is 4.90 Å². The number of hydrogen-bond acceptors (Lipinski definition) is 2. The van der Waals surface area contributed by atoms with Crippen molar-refractivity contribution < 1.29 is 4.74 Å². The number of ether oxygens (including phenoxy) is 1. The van der Waals surface area contributed by atoms with Gasteiger partial charge in [-0.2, -0.15) is 0 Å². The number of hydrogen-bond donors (Lipinski definition) is 0. The molecule has 0 aliphatic rings. The summed E-state index contributed by atoms with van der Waals surface area (Å²) in [5, 5.41) is 2.02. The number of methoxy groups -OCH3 is 1. The van der Waals surface area contributed by atoms with Crippen LogP contribution in [0.25, 0.3) is 12.3 Å². The number of rotatable bonds is 3. The monoisotopic (exact) mass is 203 g/mol. The van der Waals surface area contributed by atoms with Gasteiger partial charge in [-0.1, -0.05) is 37.4 Å². The van der Waals surface area contributed by atoms with Gasteiger partial charge in [0.25, 0.3) is 0 Å². The summed E-state index contributed by atoms with van der Waals surface area (Å²) in [4.78, 5) is 1.98. The summed E-state index contributed by atoms with van der Waals surface area (Å²) in [6.45, 7) is 7.88. The summed E-state index contributed by atoms with van der Waals surface area (Å²) >= 11 is 0. The van der Waals surface area contributed by atoms with Crippen molar-refractivity contribution in [3.8, 4) is 0 Å². The molecule has 15 heavy (non-hydrogen) atoms. The molecule has 0 aliphatic heterocycles. The van der Waals surface area contributed by atoms with E-state index in [9.17, 15) is 0 Å². The van der Waals surface area contributed by atoms with Gasteiger partial charge in [0.15, 0.2) is 0 Å². The van der Waals surface area contributed by atoms with Crippen LogP contribution in [0.1, 0.15) is 0 Å². The Kier molecular flexibility index (Phi) is 3.56. The second kappa shape index (κ2) is 4.69. The van der Waals surface area contributed by atoms with Gasteiger partial charge in [-0.3, -0.25) is 0 Å². The predicted molar refractivity (Wildman–Crippen MR) is 64.5 cm³/mol. The Hall–Kier alpha value is -1.70. The first-order valence-corrected chi connectivity index (χ1v) is 4.76. The molecule has 80 valence electrons. The summed E-state index contributed by atoms with van der Waals surface area (Å²) in [6.07, 6.45) is 0. The van der Waals surface area contributed by atoms with Crippen LogP contribution in [0, 0.1) is 0 Å². The van der Waals surface area contributed by atoms with Gasteiger partial charge in [0.2, 0.25) is 0 Å². The Bertz CT molecular complexity index is 460. The van der Waals surface area contributed by atoms with Gasteiger partial charge in [0.05, 0.1) is 12.8 Å². The Labute approximate surface area is 90.8 Å². The normalized spacial score (nSPS) is 11.9. The summed E-state index contributed by atoms with van der Waals surface area (Å²) in [5.74, 6) is 0.649. The van der Waals surface area contributed by atoms with E-state index >= 15 is 0 Å². The van der Waals surface area contributed by atoms with Gasteiger partial charge in [-0.05, 0) is 5.22 Å². The Morgan fingerprint density at radius 3 is 2.33 bits per heavy atom. The lowest BCUT2D eigenvalue weighted by Gasteiger charge is -2.18.